The molecule has 0 N–H and O–H groups in total. The number of rotatable bonds is 6. The Kier molecular flexibility index (Phi) is 5.97. The molecule has 1 aromatic carbocycles. The molecular formula is C22H27N5O3S. The number of hydrogen-bond acceptors (Lipinski definition) is 6. The van der Waals surface area contributed by atoms with Crippen molar-refractivity contribution in [3.63, 3.8) is 0 Å². The molecule has 0 radical (unpaired) electrons. The van der Waals surface area contributed by atoms with Crippen LogP contribution in [0.2, 0.25) is 0 Å². The Morgan fingerprint density at radius 3 is 2.29 bits per heavy atom. The van der Waals surface area contributed by atoms with E-state index < -0.39 is 10.0 Å². The van der Waals surface area contributed by atoms with Crippen molar-refractivity contribution >= 4 is 15.8 Å². The molecule has 1 aliphatic heterocycles. The van der Waals surface area contributed by atoms with Crippen molar-refractivity contribution in [1.29, 1.82) is 0 Å². The second-order valence-corrected chi connectivity index (χ2v) is 9.41. The first-order valence-electron chi connectivity index (χ1n) is 10.4. The average molecular weight is 442 g/mol. The van der Waals surface area contributed by atoms with E-state index in [2.05, 4.69) is 14.9 Å². The molecule has 1 fully saturated rings. The van der Waals surface area contributed by atoms with Gasteiger partial charge >= 0.3 is 0 Å². The van der Waals surface area contributed by atoms with Gasteiger partial charge in [-0.2, -0.15) is 4.31 Å². The first-order valence-corrected chi connectivity index (χ1v) is 11.8. The molecule has 0 bridgehead atoms. The molecule has 2 aromatic heterocycles. The van der Waals surface area contributed by atoms with Crippen LogP contribution in [-0.4, -0.2) is 60.0 Å². The normalized spacial score (nSPS) is 15.3. The van der Waals surface area contributed by atoms with E-state index in [1.165, 1.54) is 0 Å². The Morgan fingerprint density at radius 1 is 0.968 bits per heavy atom. The fourth-order valence-corrected chi connectivity index (χ4v) is 5.23. The highest BCUT2D eigenvalue weighted by Crippen LogP contribution is 2.26. The SMILES string of the molecule is CCOc1ccc(S(=O)(=O)N2CCN(c3cc(-n4cccc4)nc(C)n3)CC2)cc1C. The summed E-state index contributed by atoms with van der Waals surface area (Å²) in [4.78, 5) is 11.5. The maximum atomic E-state index is 13.2. The van der Waals surface area contributed by atoms with E-state index >= 15 is 0 Å². The summed E-state index contributed by atoms with van der Waals surface area (Å²) in [5.74, 6) is 3.00. The zero-order valence-electron chi connectivity index (χ0n) is 18.0. The lowest BCUT2D eigenvalue weighted by atomic mass is 10.2. The summed E-state index contributed by atoms with van der Waals surface area (Å²) in [5.41, 5.74) is 0.815. The number of aryl methyl sites for hydroxylation is 2. The quantitative estimate of drug-likeness (QED) is 0.585. The molecule has 8 nitrogen and oxygen atoms in total. The molecule has 164 valence electrons. The van der Waals surface area contributed by atoms with Crippen LogP contribution < -0.4 is 9.64 Å². The summed E-state index contributed by atoms with van der Waals surface area (Å²) in [6.45, 7) is 8.11. The minimum absolute atomic E-state index is 0.301. The number of nitrogens with zero attached hydrogens (tertiary/aromatic N) is 5. The highest BCUT2D eigenvalue weighted by atomic mass is 32.2. The molecule has 0 amide bonds. The summed E-state index contributed by atoms with van der Waals surface area (Å²) in [7, 11) is -3.56. The predicted molar refractivity (Wildman–Crippen MR) is 119 cm³/mol. The standard InChI is InChI=1S/C22H27N5O3S/c1-4-30-20-8-7-19(15-17(20)2)31(28,29)27-13-11-26(12-14-27)22-16-21(23-18(3)24-22)25-9-5-6-10-25/h5-10,15-16H,4,11-14H2,1-3H3. The fraction of sp³-hybridized carbons (Fsp3) is 0.364. The molecule has 0 spiro atoms. The van der Waals surface area contributed by atoms with Crippen molar-refractivity contribution in [2.75, 3.05) is 37.7 Å². The van der Waals surface area contributed by atoms with Crippen LogP contribution in [0.1, 0.15) is 18.3 Å². The Morgan fingerprint density at radius 2 is 1.65 bits per heavy atom. The van der Waals surface area contributed by atoms with Crippen LogP contribution in [0.5, 0.6) is 5.75 Å². The van der Waals surface area contributed by atoms with Crippen LogP contribution in [-0.2, 0) is 10.0 Å². The maximum absolute atomic E-state index is 13.2. The monoisotopic (exact) mass is 441 g/mol. The topological polar surface area (TPSA) is 80.6 Å². The van der Waals surface area contributed by atoms with Crippen LogP contribution in [0, 0.1) is 13.8 Å². The molecule has 0 aliphatic carbocycles. The molecule has 1 saturated heterocycles. The van der Waals surface area contributed by atoms with E-state index in [0.717, 1.165) is 17.2 Å². The maximum Gasteiger partial charge on any atom is 0.243 e. The van der Waals surface area contributed by atoms with Crippen molar-refractivity contribution in [3.8, 4) is 11.6 Å². The zero-order chi connectivity index (χ0) is 22.0. The highest BCUT2D eigenvalue weighted by molar-refractivity contribution is 7.89. The van der Waals surface area contributed by atoms with E-state index in [4.69, 9.17) is 4.74 Å². The molecule has 0 saturated carbocycles. The van der Waals surface area contributed by atoms with Crippen LogP contribution >= 0.6 is 0 Å². The van der Waals surface area contributed by atoms with Gasteiger partial charge in [-0.15, -0.1) is 0 Å². The van der Waals surface area contributed by atoms with Gasteiger partial charge in [0.05, 0.1) is 11.5 Å². The highest BCUT2D eigenvalue weighted by Gasteiger charge is 2.29. The second kappa shape index (κ2) is 8.68. The second-order valence-electron chi connectivity index (χ2n) is 7.47. The van der Waals surface area contributed by atoms with Gasteiger partial charge in [-0.05, 0) is 56.7 Å². The van der Waals surface area contributed by atoms with Gasteiger partial charge in [-0.25, -0.2) is 18.4 Å². The van der Waals surface area contributed by atoms with E-state index in [0.29, 0.717) is 49.3 Å². The van der Waals surface area contributed by atoms with Gasteiger partial charge < -0.3 is 14.2 Å². The van der Waals surface area contributed by atoms with Crippen molar-refractivity contribution in [2.24, 2.45) is 0 Å². The third-order valence-electron chi connectivity index (χ3n) is 5.33. The van der Waals surface area contributed by atoms with Gasteiger partial charge in [-0.3, -0.25) is 0 Å². The van der Waals surface area contributed by atoms with Crippen molar-refractivity contribution in [2.45, 2.75) is 25.7 Å². The first-order chi connectivity index (χ1) is 14.9. The van der Waals surface area contributed by atoms with Gasteiger partial charge in [0, 0.05) is 44.6 Å². The summed E-state index contributed by atoms with van der Waals surface area (Å²) >= 11 is 0. The number of anilines is 1. The lowest BCUT2D eigenvalue weighted by Gasteiger charge is -2.35. The Labute approximate surface area is 183 Å². The summed E-state index contributed by atoms with van der Waals surface area (Å²) in [6.07, 6.45) is 3.88. The number of sulfonamides is 1. The van der Waals surface area contributed by atoms with Crippen molar-refractivity contribution in [3.05, 3.63) is 60.2 Å². The molecule has 0 unspecified atom stereocenters. The third-order valence-corrected chi connectivity index (χ3v) is 7.22. The molecular weight excluding hydrogens is 414 g/mol. The van der Waals surface area contributed by atoms with E-state index in [1.54, 1.807) is 22.5 Å². The minimum Gasteiger partial charge on any atom is -0.494 e. The molecule has 31 heavy (non-hydrogen) atoms. The van der Waals surface area contributed by atoms with E-state index in [9.17, 15) is 8.42 Å². The Bertz CT molecular complexity index is 1150. The molecule has 0 atom stereocenters. The van der Waals surface area contributed by atoms with Crippen LogP contribution in [0.4, 0.5) is 5.82 Å². The largest absolute Gasteiger partial charge is 0.494 e. The average Bonchev–Trinajstić information content (AvgIpc) is 3.30. The fourth-order valence-electron chi connectivity index (χ4n) is 3.72. The predicted octanol–water partition coefficient (Wildman–Crippen LogP) is 2.79. The molecule has 4 rings (SSSR count). The molecule has 1 aliphatic rings. The summed E-state index contributed by atoms with van der Waals surface area (Å²) < 4.78 is 35.3. The van der Waals surface area contributed by atoms with Gasteiger partial charge in [-0.1, -0.05) is 0 Å². The number of aromatic nitrogens is 3. The van der Waals surface area contributed by atoms with Gasteiger partial charge in [0.2, 0.25) is 10.0 Å². The minimum atomic E-state index is -3.56. The number of benzene rings is 1. The third kappa shape index (κ3) is 4.42. The van der Waals surface area contributed by atoms with Crippen molar-refractivity contribution in [1.82, 2.24) is 18.8 Å². The van der Waals surface area contributed by atoms with Crippen LogP contribution in [0.15, 0.2) is 53.7 Å². The van der Waals surface area contributed by atoms with Crippen LogP contribution in [0.25, 0.3) is 5.82 Å². The number of ether oxygens (including phenoxy) is 1. The Balaban J connectivity index is 1.49. The number of hydrogen-bond donors (Lipinski definition) is 0. The number of piperazine rings is 1. The lowest BCUT2D eigenvalue weighted by molar-refractivity contribution is 0.337. The van der Waals surface area contributed by atoms with Gasteiger partial charge in [0.15, 0.2) is 0 Å². The molecule has 3 aromatic rings. The first kappa shape index (κ1) is 21.3. The summed E-state index contributed by atoms with van der Waals surface area (Å²) in [5, 5.41) is 0. The van der Waals surface area contributed by atoms with Crippen LogP contribution in [0.3, 0.4) is 0 Å². The Hall–Kier alpha value is -2.91. The van der Waals surface area contributed by atoms with E-state index in [-0.39, 0.29) is 0 Å². The van der Waals surface area contributed by atoms with Gasteiger partial charge in [0.1, 0.15) is 23.2 Å². The van der Waals surface area contributed by atoms with Crippen molar-refractivity contribution < 1.29 is 13.2 Å². The van der Waals surface area contributed by atoms with E-state index in [1.807, 2.05) is 55.9 Å². The summed E-state index contributed by atoms with van der Waals surface area (Å²) in [6, 6.07) is 10.9. The zero-order valence-corrected chi connectivity index (χ0v) is 18.8. The van der Waals surface area contributed by atoms with Gasteiger partial charge in [0.25, 0.3) is 0 Å². The smallest absolute Gasteiger partial charge is 0.243 e. The molecule has 9 heteroatoms. The lowest BCUT2D eigenvalue weighted by Crippen LogP contribution is -2.49. The molecule has 3 heterocycles.